The van der Waals surface area contributed by atoms with Crippen LogP contribution in [0.15, 0.2) is 23.1 Å². The summed E-state index contributed by atoms with van der Waals surface area (Å²) in [6.45, 7) is 3.67. The molecular formula is C14H17F2N3O2S. The average molecular weight is 329 g/mol. The number of aromatic nitrogens is 2. The predicted molar refractivity (Wildman–Crippen MR) is 77.7 cm³/mol. The quantitative estimate of drug-likeness (QED) is 0.863. The summed E-state index contributed by atoms with van der Waals surface area (Å²) < 4.78 is 54.2. The van der Waals surface area contributed by atoms with Crippen molar-refractivity contribution in [3.05, 3.63) is 46.8 Å². The molecule has 1 aromatic carbocycles. The molecule has 2 rings (SSSR count). The second kappa shape index (κ2) is 5.77. The number of hydrogen-bond acceptors (Lipinski definition) is 3. The van der Waals surface area contributed by atoms with Crippen LogP contribution < -0.4 is 0 Å². The maximum atomic E-state index is 13.7. The topological polar surface area (TPSA) is 55.2 Å². The van der Waals surface area contributed by atoms with E-state index in [0.29, 0.717) is 11.8 Å². The van der Waals surface area contributed by atoms with E-state index < -0.39 is 26.6 Å². The van der Waals surface area contributed by atoms with Crippen molar-refractivity contribution < 1.29 is 17.2 Å². The van der Waals surface area contributed by atoms with Crippen LogP contribution >= 0.6 is 0 Å². The third-order valence-electron chi connectivity index (χ3n) is 3.62. The zero-order valence-electron chi connectivity index (χ0n) is 12.8. The van der Waals surface area contributed by atoms with Gasteiger partial charge in [0.1, 0.15) is 16.5 Å². The molecule has 22 heavy (non-hydrogen) atoms. The van der Waals surface area contributed by atoms with Gasteiger partial charge in [-0.2, -0.15) is 9.40 Å². The normalized spacial score (nSPS) is 12.1. The Hall–Kier alpha value is -1.80. The van der Waals surface area contributed by atoms with E-state index in [4.69, 9.17) is 0 Å². The van der Waals surface area contributed by atoms with Gasteiger partial charge in [0.05, 0.1) is 5.69 Å². The average Bonchev–Trinajstić information content (AvgIpc) is 2.64. The molecule has 8 heteroatoms. The van der Waals surface area contributed by atoms with Crippen molar-refractivity contribution in [2.24, 2.45) is 7.05 Å². The van der Waals surface area contributed by atoms with E-state index in [0.717, 1.165) is 27.7 Å². The maximum Gasteiger partial charge on any atom is 0.246 e. The molecule has 0 aliphatic heterocycles. The van der Waals surface area contributed by atoms with Crippen molar-refractivity contribution in [3.63, 3.8) is 0 Å². The molecule has 0 N–H and O–H groups in total. The molecule has 0 bridgehead atoms. The largest absolute Gasteiger partial charge is 0.272 e. The third-order valence-corrected chi connectivity index (χ3v) is 5.46. The Balaban J connectivity index is 2.37. The first kappa shape index (κ1) is 16.6. The lowest BCUT2D eigenvalue weighted by atomic mass is 10.2. The molecule has 0 saturated carbocycles. The molecule has 1 heterocycles. The highest BCUT2D eigenvalue weighted by molar-refractivity contribution is 7.89. The Morgan fingerprint density at radius 2 is 1.91 bits per heavy atom. The number of sulfonamides is 1. The van der Waals surface area contributed by atoms with Gasteiger partial charge >= 0.3 is 0 Å². The summed E-state index contributed by atoms with van der Waals surface area (Å²) in [5.41, 5.74) is 2.30. The van der Waals surface area contributed by atoms with Gasteiger partial charge in [-0.15, -0.1) is 0 Å². The molecule has 0 spiro atoms. The lowest BCUT2D eigenvalue weighted by Gasteiger charge is -2.18. The minimum atomic E-state index is -4.05. The van der Waals surface area contributed by atoms with E-state index in [9.17, 15) is 17.2 Å². The van der Waals surface area contributed by atoms with Crippen LogP contribution in [0.1, 0.15) is 17.0 Å². The van der Waals surface area contributed by atoms with Crippen LogP contribution in [0.5, 0.6) is 0 Å². The van der Waals surface area contributed by atoms with Crippen LogP contribution in [0, 0.1) is 25.5 Å². The standard InChI is InChI=1S/C14H17F2N3O2S/c1-9-12(10(2)19(4)17-9)8-18(3)22(20,21)14-6-5-11(15)7-13(14)16/h5-7H,8H2,1-4H3. The summed E-state index contributed by atoms with van der Waals surface area (Å²) in [4.78, 5) is -0.546. The third kappa shape index (κ3) is 2.89. The molecule has 0 radical (unpaired) electrons. The van der Waals surface area contributed by atoms with Gasteiger partial charge in [0.25, 0.3) is 0 Å². The van der Waals surface area contributed by atoms with Gasteiger partial charge in [0.2, 0.25) is 10.0 Å². The molecule has 0 aliphatic carbocycles. The van der Waals surface area contributed by atoms with Gasteiger partial charge in [-0.1, -0.05) is 0 Å². The second-order valence-corrected chi connectivity index (χ2v) is 7.12. The van der Waals surface area contributed by atoms with Crippen LogP contribution in [0.25, 0.3) is 0 Å². The lowest BCUT2D eigenvalue weighted by Crippen LogP contribution is -2.27. The number of hydrogen-bond donors (Lipinski definition) is 0. The van der Waals surface area contributed by atoms with E-state index in [2.05, 4.69) is 5.10 Å². The lowest BCUT2D eigenvalue weighted by molar-refractivity contribution is 0.457. The Morgan fingerprint density at radius 3 is 2.41 bits per heavy atom. The van der Waals surface area contributed by atoms with E-state index in [-0.39, 0.29) is 6.54 Å². The summed E-state index contributed by atoms with van der Waals surface area (Å²) in [6.07, 6.45) is 0. The number of aryl methyl sites for hydroxylation is 2. The summed E-state index contributed by atoms with van der Waals surface area (Å²) >= 11 is 0. The van der Waals surface area contributed by atoms with Gasteiger partial charge in [0.15, 0.2) is 0 Å². The SMILES string of the molecule is Cc1nn(C)c(C)c1CN(C)S(=O)(=O)c1ccc(F)cc1F. The molecule has 120 valence electrons. The molecule has 5 nitrogen and oxygen atoms in total. The molecule has 0 aliphatic rings. The fraction of sp³-hybridized carbons (Fsp3) is 0.357. The fourth-order valence-electron chi connectivity index (χ4n) is 2.21. The predicted octanol–water partition coefficient (Wildman–Crippen LogP) is 2.14. The molecule has 0 amide bonds. The van der Waals surface area contributed by atoms with Gasteiger partial charge in [-0.3, -0.25) is 4.68 Å². The summed E-state index contributed by atoms with van der Waals surface area (Å²) in [6, 6.07) is 2.41. The van der Waals surface area contributed by atoms with Crippen LogP contribution in [0.3, 0.4) is 0 Å². The molecule has 0 saturated heterocycles. The molecule has 0 fully saturated rings. The number of nitrogens with zero attached hydrogens (tertiary/aromatic N) is 3. The molecular weight excluding hydrogens is 312 g/mol. The van der Waals surface area contributed by atoms with Crippen molar-refractivity contribution in [1.29, 1.82) is 0 Å². The minimum Gasteiger partial charge on any atom is -0.272 e. The highest BCUT2D eigenvalue weighted by atomic mass is 32.2. The monoisotopic (exact) mass is 329 g/mol. The number of halogens is 2. The van der Waals surface area contributed by atoms with Crippen molar-refractivity contribution >= 4 is 10.0 Å². The van der Waals surface area contributed by atoms with E-state index in [1.807, 2.05) is 6.92 Å². The Labute approximate surface area is 128 Å². The van der Waals surface area contributed by atoms with E-state index in [1.54, 1.807) is 18.7 Å². The van der Waals surface area contributed by atoms with E-state index in [1.165, 1.54) is 7.05 Å². The van der Waals surface area contributed by atoms with Crippen molar-refractivity contribution in [2.45, 2.75) is 25.3 Å². The highest BCUT2D eigenvalue weighted by Crippen LogP contribution is 2.22. The molecule has 2 aromatic rings. The molecule has 1 aromatic heterocycles. The van der Waals surface area contributed by atoms with Crippen LogP contribution in [0.2, 0.25) is 0 Å². The van der Waals surface area contributed by atoms with Gasteiger partial charge in [-0.25, -0.2) is 17.2 Å². The summed E-state index contributed by atoms with van der Waals surface area (Å²) in [5.74, 6) is -1.93. The fourth-order valence-corrected chi connectivity index (χ4v) is 3.39. The summed E-state index contributed by atoms with van der Waals surface area (Å²) in [5, 5.41) is 4.22. The van der Waals surface area contributed by atoms with Crippen molar-refractivity contribution in [1.82, 2.24) is 14.1 Å². The van der Waals surface area contributed by atoms with Crippen molar-refractivity contribution in [2.75, 3.05) is 7.05 Å². The molecule has 0 unspecified atom stereocenters. The van der Waals surface area contributed by atoms with Gasteiger partial charge < -0.3 is 0 Å². The molecule has 0 atom stereocenters. The zero-order chi connectivity index (χ0) is 16.7. The smallest absolute Gasteiger partial charge is 0.246 e. The van der Waals surface area contributed by atoms with Crippen LogP contribution in [-0.4, -0.2) is 29.6 Å². The van der Waals surface area contributed by atoms with Crippen LogP contribution in [-0.2, 0) is 23.6 Å². The van der Waals surface area contributed by atoms with Crippen molar-refractivity contribution in [3.8, 4) is 0 Å². The maximum absolute atomic E-state index is 13.7. The first-order valence-corrected chi connectivity index (χ1v) is 7.99. The Bertz CT molecular complexity index is 816. The first-order chi connectivity index (χ1) is 10.1. The first-order valence-electron chi connectivity index (χ1n) is 6.55. The van der Waals surface area contributed by atoms with Gasteiger partial charge in [0, 0.05) is 38.0 Å². The number of benzene rings is 1. The zero-order valence-corrected chi connectivity index (χ0v) is 13.6. The van der Waals surface area contributed by atoms with E-state index >= 15 is 0 Å². The summed E-state index contributed by atoms with van der Waals surface area (Å²) in [7, 11) is -0.939. The van der Waals surface area contributed by atoms with Gasteiger partial charge in [-0.05, 0) is 26.0 Å². The minimum absolute atomic E-state index is 0.0602. The number of rotatable bonds is 4. The highest BCUT2D eigenvalue weighted by Gasteiger charge is 2.26. The van der Waals surface area contributed by atoms with Crippen LogP contribution in [0.4, 0.5) is 8.78 Å². The second-order valence-electron chi connectivity index (χ2n) is 5.11. The Morgan fingerprint density at radius 1 is 1.27 bits per heavy atom. The Kier molecular flexibility index (Phi) is 4.35.